The number of methoxy groups -OCH3 is 2. The third-order valence-corrected chi connectivity index (χ3v) is 4.09. The Kier molecular flexibility index (Phi) is 4.60. The van der Waals surface area contributed by atoms with Crippen molar-refractivity contribution in [2.75, 3.05) is 34.1 Å². The molecule has 1 amide bonds. The summed E-state index contributed by atoms with van der Waals surface area (Å²) < 4.78 is 21.6. The fourth-order valence-corrected chi connectivity index (χ4v) is 2.90. The van der Waals surface area contributed by atoms with E-state index in [0.29, 0.717) is 23.0 Å². The molecule has 1 saturated heterocycles. The molecular formula is C17H21NO5. The molecule has 1 fully saturated rings. The summed E-state index contributed by atoms with van der Waals surface area (Å²) in [7, 11) is 3.13. The summed E-state index contributed by atoms with van der Waals surface area (Å²) in [6.07, 6.45) is 6.65. The highest BCUT2D eigenvalue weighted by molar-refractivity contribution is 5.92. The molecule has 23 heavy (non-hydrogen) atoms. The minimum absolute atomic E-state index is 0.0170. The predicted octanol–water partition coefficient (Wildman–Crippen LogP) is 2.46. The number of carbonyl (C=O) groups excluding carboxylic acids is 1. The maximum Gasteiger partial charge on any atom is 0.246 e. The van der Waals surface area contributed by atoms with Gasteiger partial charge in [0.25, 0.3) is 0 Å². The molecule has 6 nitrogen and oxygen atoms in total. The fraction of sp³-hybridized carbons (Fsp3) is 0.471. The van der Waals surface area contributed by atoms with Crippen molar-refractivity contribution in [1.82, 2.24) is 4.90 Å². The summed E-state index contributed by atoms with van der Waals surface area (Å²) >= 11 is 0. The van der Waals surface area contributed by atoms with E-state index < -0.39 is 0 Å². The maximum atomic E-state index is 12.3. The molecular weight excluding hydrogens is 298 g/mol. The van der Waals surface area contributed by atoms with Crippen molar-refractivity contribution in [2.45, 2.75) is 19.3 Å². The summed E-state index contributed by atoms with van der Waals surface area (Å²) in [5.41, 5.74) is 0.721. The highest BCUT2D eigenvalue weighted by atomic mass is 16.7. The normalized spacial score (nSPS) is 16.7. The Bertz CT molecular complexity index is 620. The van der Waals surface area contributed by atoms with E-state index in [9.17, 15) is 4.79 Å². The number of carbonyl (C=O) groups is 1. The number of ether oxygens (including phenoxy) is 4. The molecule has 0 radical (unpaired) electrons. The molecule has 3 rings (SSSR count). The Morgan fingerprint density at radius 2 is 1.87 bits per heavy atom. The van der Waals surface area contributed by atoms with Gasteiger partial charge in [-0.1, -0.05) is 0 Å². The van der Waals surface area contributed by atoms with Crippen LogP contribution in [0.3, 0.4) is 0 Å². The molecule has 0 atom stereocenters. The fourth-order valence-electron chi connectivity index (χ4n) is 2.90. The first-order chi connectivity index (χ1) is 11.2. The highest BCUT2D eigenvalue weighted by Crippen LogP contribution is 2.49. The quantitative estimate of drug-likeness (QED) is 0.798. The molecule has 1 aromatic rings. The molecule has 0 aromatic heterocycles. The van der Waals surface area contributed by atoms with Crippen LogP contribution in [-0.2, 0) is 4.79 Å². The van der Waals surface area contributed by atoms with E-state index in [0.717, 1.165) is 31.5 Å². The zero-order valence-corrected chi connectivity index (χ0v) is 13.5. The predicted molar refractivity (Wildman–Crippen MR) is 85.1 cm³/mol. The van der Waals surface area contributed by atoms with Crippen molar-refractivity contribution in [1.29, 1.82) is 0 Å². The number of hydrogen-bond donors (Lipinski definition) is 0. The van der Waals surface area contributed by atoms with Crippen LogP contribution in [-0.4, -0.2) is 44.9 Å². The summed E-state index contributed by atoms with van der Waals surface area (Å²) in [6, 6.07) is 1.78. The molecule has 0 spiro atoms. The topological polar surface area (TPSA) is 57.2 Å². The number of hydrogen-bond acceptors (Lipinski definition) is 5. The van der Waals surface area contributed by atoms with Gasteiger partial charge in [0.05, 0.1) is 14.2 Å². The van der Waals surface area contributed by atoms with Gasteiger partial charge in [-0.25, -0.2) is 0 Å². The third-order valence-electron chi connectivity index (χ3n) is 4.09. The zero-order valence-electron chi connectivity index (χ0n) is 13.5. The molecule has 0 bridgehead atoms. The van der Waals surface area contributed by atoms with E-state index in [1.165, 1.54) is 6.42 Å². The van der Waals surface area contributed by atoms with E-state index in [2.05, 4.69) is 0 Å². The number of fused-ring (bicyclic) bond motifs is 1. The van der Waals surface area contributed by atoms with Crippen LogP contribution in [0.15, 0.2) is 12.1 Å². The Morgan fingerprint density at radius 1 is 1.13 bits per heavy atom. The molecule has 6 heteroatoms. The minimum atomic E-state index is 0.0170. The Morgan fingerprint density at radius 3 is 2.57 bits per heavy atom. The van der Waals surface area contributed by atoms with Gasteiger partial charge in [0, 0.05) is 24.7 Å². The van der Waals surface area contributed by atoms with Gasteiger partial charge < -0.3 is 23.8 Å². The molecule has 2 aliphatic rings. The Balaban J connectivity index is 1.87. The van der Waals surface area contributed by atoms with Crippen molar-refractivity contribution >= 4 is 12.0 Å². The summed E-state index contributed by atoms with van der Waals surface area (Å²) in [6.45, 7) is 1.78. The first kappa shape index (κ1) is 15.5. The number of piperidine rings is 1. The van der Waals surface area contributed by atoms with Crippen molar-refractivity contribution in [3.05, 3.63) is 17.7 Å². The molecule has 0 saturated carbocycles. The first-order valence-corrected chi connectivity index (χ1v) is 7.76. The van der Waals surface area contributed by atoms with Crippen LogP contribution >= 0.6 is 0 Å². The molecule has 2 aliphatic heterocycles. The molecule has 0 aliphatic carbocycles. The second kappa shape index (κ2) is 6.81. The SMILES string of the molecule is COc1cc(C=CC(=O)N2CCCCC2)c(OC)c2c1OCO2. The molecule has 1 aromatic carbocycles. The molecule has 0 N–H and O–H groups in total. The van der Waals surface area contributed by atoms with Gasteiger partial charge >= 0.3 is 0 Å². The lowest BCUT2D eigenvalue weighted by molar-refractivity contribution is -0.126. The summed E-state index contributed by atoms with van der Waals surface area (Å²) in [5, 5.41) is 0. The van der Waals surface area contributed by atoms with Gasteiger partial charge in [-0.15, -0.1) is 0 Å². The van der Waals surface area contributed by atoms with Gasteiger partial charge in [-0.05, 0) is 31.4 Å². The lowest BCUT2D eigenvalue weighted by Gasteiger charge is -2.25. The van der Waals surface area contributed by atoms with Crippen molar-refractivity contribution in [3.63, 3.8) is 0 Å². The maximum absolute atomic E-state index is 12.3. The molecule has 124 valence electrons. The minimum Gasteiger partial charge on any atom is -0.493 e. The number of rotatable bonds is 4. The Hall–Kier alpha value is -2.37. The summed E-state index contributed by atoms with van der Waals surface area (Å²) in [4.78, 5) is 14.1. The van der Waals surface area contributed by atoms with E-state index >= 15 is 0 Å². The number of nitrogens with zero attached hydrogens (tertiary/aromatic N) is 1. The van der Waals surface area contributed by atoms with Gasteiger partial charge in [0.15, 0.2) is 11.5 Å². The number of likely N-dealkylation sites (tertiary alicyclic amines) is 1. The standard InChI is InChI=1S/C17H21NO5/c1-20-13-10-12(15(21-2)17-16(13)22-11-23-17)6-7-14(19)18-8-4-3-5-9-18/h6-7,10H,3-5,8-9,11H2,1-2H3. The average Bonchev–Trinajstić information content (AvgIpc) is 3.08. The van der Waals surface area contributed by atoms with Crippen LogP contribution in [0.2, 0.25) is 0 Å². The van der Waals surface area contributed by atoms with Gasteiger partial charge in [-0.3, -0.25) is 4.79 Å². The molecule has 0 unspecified atom stereocenters. The second-order valence-electron chi connectivity index (χ2n) is 5.49. The van der Waals surface area contributed by atoms with Gasteiger partial charge in [0.1, 0.15) is 0 Å². The lowest BCUT2D eigenvalue weighted by Crippen LogP contribution is -2.34. The zero-order chi connectivity index (χ0) is 16.2. The average molecular weight is 319 g/mol. The van der Waals surface area contributed by atoms with Crippen molar-refractivity contribution in [3.8, 4) is 23.0 Å². The van der Waals surface area contributed by atoms with Crippen LogP contribution < -0.4 is 18.9 Å². The monoisotopic (exact) mass is 319 g/mol. The Labute approximate surface area is 135 Å². The number of benzene rings is 1. The third kappa shape index (κ3) is 3.06. The van der Waals surface area contributed by atoms with Crippen LogP contribution in [0, 0.1) is 0 Å². The van der Waals surface area contributed by atoms with Gasteiger partial charge in [0.2, 0.25) is 24.2 Å². The van der Waals surface area contributed by atoms with Crippen molar-refractivity contribution < 1.29 is 23.7 Å². The lowest BCUT2D eigenvalue weighted by atomic mass is 10.1. The second-order valence-corrected chi connectivity index (χ2v) is 5.49. The van der Waals surface area contributed by atoms with E-state index in [4.69, 9.17) is 18.9 Å². The number of amides is 1. The van der Waals surface area contributed by atoms with Crippen LogP contribution in [0.5, 0.6) is 23.0 Å². The van der Waals surface area contributed by atoms with E-state index in [1.54, 1.807) is 32.4 Å². The van der Waals surface area contributed by atoms with E-state index in [-0.39, 0.29) is 12.7 Å². The van der Waals surface area contributed by atoms with Crippen molar-refractivity contribution in [2.24, 2.45) is 0 Å². The summed E-state index contributed by atoms with van der Waals surface area (Å²) in [5.74, 6) is 2.16. The first-order valence-electron chi connectivity index (χ1n) is 7.76. The van der Waals surface area contributed by atoms with Crippen LogP contribution in [0.25, 0.3) is 6.08 Å². The largest absolute Gasteiger partial charge is 0.493 e. The highest BCUT2D eigenvalue weighted by Gasteiger charge is 2.26. The van der Waals surface area contributed by atoms with Gasteiger partial charge in [-0.2, -0.15) is 0 Å². The van der Waals surface area contributed by atoms with E-state index in [1.807, 2.05) is 4.90 Å². The molecule has 2 heterocycles. The smallest absolute Gasteiger partial charge is 0.246 e. The van der Waals surface area contributed by atoms with Crippen LogP contribution in [0.1, 0.15) is 24.8 Å². The van der Waals surface area contributed by atoms with Crippen LogP contribution in [0.4, 0.5) is 0 Å².